The number of hydrogen-bond acceptors (Lipinski definition) is 5. The van der Waals surface area contributed by atoms with Gasteiger partial charge < -0.3 is 4.74 Å². The van der Waals surface area contributed by atoms with Crippen LogP contribution in [0.5, 0.6) is 5.75 Å². The van der Waals surface area contributed by atoms with Gasteiger partial charge in [-0.1, -0.05) is 15.9 Å². The largest absolute Gasteiger partial charge is 0.573 e. The van der Waals surface area contributed by atoms with E-state index in [4.69, 9.17) is 10.5 Å². The number of halogens is 7. The smallest absolute Gasteiger partial charge is 0.404 e. The van der Waals surface area contributed by atoms with Crippen LogP contribution >= 0.6 is 15.9 Å². The number of rotatable bonds is 4. The van der Waals surface area contributed by atoms with E-state index in [1.165, 1.54) is 4.72 Å². The first kappa shape index (κ1) is 22.3. The van der Waals surface area contributed by atoms with Crippen molar-refractivity contribution < 1.29 is 39.5 Å². The summed E-state index contributed by atoms with van der Waals surface area (Å²) in [6.45, 7) is 0. The lowest BCUT2D eigenvalue weighted by Gasteiger charge is -2.16. The summed E-state index contributed by atoms with van der Waals surface area (Å²) in [4.78, 5) is -1.16. The van der Waals surface area contributed by atoms with Crippen LogP contribution in [0, 0.1) is 40.1 Å². The van der Waals surface area contributed by atoms with Crippen molar-refractivity contribution in [3.63, 3.8) is 0 Å². The summed E-state index contributed by atoms with van der Waals surface area (Å²) in [5.41, 5.74) is -4.44. The molecule has 0 spiro atoms. The molecule has 0 heterocycles. The summed E-state index contributed by atoms with van der Waals surface area (Å²) < 4.78 is 109. The molecule has 0 unspecified atom stereocenters. The van der Waals surface area contributed by atoms with Gasteiger partial charge in [-0.15, -0.1) is 13.2 Å². The molecule has 0 saturated carbocycles. The Balaban J connectivity index is 2.70. The van der Waals surface area contributed by atoms with E-state index >= 15 is 0 Å². The summed E-state index contributed by atoms with van der Waals surface area (Å²) >= 11 is 2.82. The predicted octanol–water partition coefficient (Wildman–Crippen LogP) is 4.31. The molecule has 0 aliphatic carbocycles. The van der Waals surface area contributed by atoms with Crippen LogP contribution in [0.3, 0.4) is 0 Å². The van der Waals surface area contributed by atoms with E-state index in [1.54, 1.807) is 0 Å². The van der Waals surface area contributed by atoms with Crippen molar-refractivity contribution in [1.82, 2.24) is 0 Å². The average molecular weight is 500 g/mol. The Kier molecular flexibility index (Phi) is 6.01. The monoisotopic (exact) mass is 499 g/mol. The van der Waals surface area contributed by atoms with Crippen molar-refractivity contribution in [2.24, 2.45) is 0 Å². The summed E-state index contributed by atoms with van der Waals surface area (Å²) in [7, 11) is -5.13. The first-order valence-electron chi connectivity index (χ1n) is 6.91. The molecule has 0 aliphatic rings. The van der Waals surface area contributed by atoms with E-state index in [2.05, 4.69) is 20.7 Å². The molecular formula is C15H4BrF6N3O3S. The van der Waals surface area contributed by atoms with Gasteiger partial charge in [-0.25, -0.2) is 21.6 Å². The molecule has 1 N–H and O–H groups in total. The van der Waals surface area contributed by atoms with E-state index in [0.717, 1.165) is 18.2 Å². The molecule has 2 rings (SSSR count). The van der Waals surface area contributed by atoms with Crippen LogP contribution in [0.1, 0.15) is 11.1 Å². The minimum absolute atomic E-state index is 0.0146. The maximum Gasteiger partial charge on any atom is 0.573 e. The molecule has 0 radical (unpaired) electrons. The minimum Gasteiger partial charge on any atom is -0.404 e. The molecule has 29 heavy (non-hydrogen) atoms. The first-order valence-corrected chi connectivity index (χ1v) is 9.18. The van der Waals surface area contributed by atoms with E-state index < -0.39 is 61.3 Å². The molecule has 0 aromatic heterocycles. The van der Waals surface area contributed by atoms with Gasteiger partial charge in [-0.05, 0) is 18.2 Å². The molecule has 2 aromatic carbocycles. The van der Waals surface area contributed by atoms with E-state index in [1.807, 2.05) is 0 Å². The van der Waals surface area contributed by atoms with Crippen LogP contribution in [0.2, 0.25) is 0 Å². The van der Waals surface area contributed by atoms with Gasteiger partial charge in [0.15, 0.2) is 23.2 Å². The number of alkyl halides is 3. The van der Waals surface area contributed by atoms with Gasteiger partial charge in [-0.3, -0.25) is 4.72 Å². The number of benzene rings is 2. The lowest BCUT2D eigenvalue weighted by molar-refractivity contribution is -0.275. The molecule has 14 heteroatoms. The second-order valence-electron chi connectivity index (χ2n) is 5.03. The first-order chi connectivity index (χ1) is 13.3. The number of sulfonamides is 1. The Morgan fingerprint density at radius 3 is 2.07 bits per heavy atom. The molecule has 0 bridgehead atoms. The Bertz CT molecular complexity index is 1190. The molecule has 0 atom stereocenters. The van der Waals surface area contributed by atoms with Gasteiger partial charge in [0, 0.05) is 4.47 Å². The second kappa shape index (κ2) is 7.81. The summed E-state index contributed by atoms with van der Waals surface area (Å²) in [5.74, 6) is -7.22. The van der Waals surface area contributed by atoms with Gasteiger partial charge in [0.2, 0.25) is 0 Å². The third kappa shape index (κ3) is 4.55. The van der Waals surface area contributed by atoms with Crippen LogP contribution in [0.25, 0.3) is 0 Å². The van der Waals surface area contributed by atoms with E-state index in [9.17, 15) is 34.8 Å². The highest BCUT2D eigenvalue weighted by Gasteiger charge is 2.35. The Morgan fingerprint density at radius 1 is 1.00 bits per heavy atom. The lowest BCUT2D eigenvalue weighted by atomic mass is 10.1. The molecule has 6 nitrogen and oxygen atoms in total. The molecule has 0 amide bonds. The lowest BCUT2D eigenvalue weighted by Crippen LogP contribution is -2.22. The van der Waals surface area contributed by atoms with Crippen molar-refractivity contribution in [1.29, 1.82) is 10.5 Å². The maximum absolute atomic E-state index is 14.3. The van der Waals surface area contributed by atoms with Crippen molar-refractivity contribution in [3.8, 4) is 17.9 Å². The van der Waals surface area contributed by atoms with Gasteiger partial charge in [0.05, 0.1) is 0 Å². The summed E-state index contributed by atoms with van der Waals surface area (Å²) in [5, 5.41) is 17.6. The number of nitrogens with one attached hydrogen (secondary N) is 1. The molecule has 0 aliphatic heterocycles. The van der Waals surface area contributed by atoms with Crippen molar-refractivity contribution >= 4 is 31.6 Å². The predicted molar refractivity (Wildman–Crippen MR) is 87.4 cm³/mol. The zero-order valence-corrected chi connectivity index (χ0v) is 15.8. The fourth-order valence-electron chi connectivity index (χ4n) is 2.06. The number of nitriles is 2. The Labute approximate surface area is 167 Å². The maximum atomic E-state index is 14.3. The highest BCUT2D eigenvalue weighted by molar-refractivity contribution is 9.10. The summed E-state index contributed by atoms with van der Waals surface area (Å²) in [6, 6.07) is 4.26. The van der Waals surface area contributed by atoms with E-state index in [-0.39, 0.29) is 4.47 Å². The van der Waals surface area contributed by atoms with Gasteiger partial charge in [0.1, 0.15) is 33.8 Å². The average Bonchev–Trinajstić information content (AvgIpc) is 2.59. The standard InChI is InChI=1S/C15H4BrF6N3O3S/c16-6-1-2-10(9(3-6)28-15(20,21)22)29(26,27)25-14-8(5-24)12(18)11(17)7(4-23)13(14)19/h1-3,25H. The second-order valence-corrected chi connectivity index (χ2v) is 7.60. The normalized spacial score (nSPS) is 11.5. The molecule has 0 fully saturated rings. The van der Waals surface area contributed by atoms with Crippen LogP contribution in [-0.4, -0.2) is 14.8 Å². The SMILES string of the molecule is N#Cc1c(F)c(F)c(C#N)c(NS(=O)(=O)c2ccc(Br)cc2OC(F)(F)F)c1F. The van der Waals surface area contributed by atoms with Crippen LogP contribution < -0.4 is 9.46 Å². The van der Waals surface area contributed by atoms with Crippen LogP contribution in [0.15, 0.2) is 27.6 Å². The fraction of sp³-hybridized carbons (Fsp3) is 0.0667. The van der Waals surface area contributed by atoms with Gasteiger partial charge >= 0.3 is 6.36 Å². The number of nitrogens with zero attached hydrogens (tertiary/aromatic N) is 2. The van der Waals surface area contributed by atoms with Crippen LogP contribution in [0.4, 0.5) is 32.0 Å². The fourth-order valence-corrected chi connectivity index (χ4v) is 3.58. The Morgan fingerprint density at radius 2 is 1.55 bits per heavy atom. The molecular weight excluding hydrogens is 496 g/mol. The molecule has 0 saturated heterocycles. The van der Waals surface area contributed by atoms with Crippen molar-refractivity contribution in [2.75, 3.05) is 4.72 Å². The number of ether oxygens (including phenoxy) is 1. The topological polar surface area (TPSA) is 103 Å². The molecule has 152 valence electrons. The highest BCUT2D eigenvalue weighted by Crippen LogP contribution is 2.35. The Hall–Kier alpha value is -2.97. The zero-order valence-electron chi connectivity index (χ0n) is 13.4. The highest BCUT2D eigenvalue weighted by atomic mass is 79.9. The zero-order chi connectivity index (χ0) is 22.1. The quantitative estimate of drug-likeness (QED) is 0.498. The summed E-state index contributed by atoms with van der Waals surface area (Å²) in [6.07, 6.45) is -5.30. The number of hydrogen-bond donors (Lipinski definition) is 1. The van der Waals surface area contributed by atoms with Crippen molar-refractivity contribution in [2.45, 2.75) is 11.3 Å². The van der Waals surface area contributed by atoms with Gasteiger partial charge in [0.25, 0.3) is 10.0 Å². The van der Waals surface area contributed by atoms with Crippen molar-refractivity contribution in [3.05, 3.63) is 51.3 Å². The third-order valence-electron chi connectivity index (χ3n) is 3.20. The van der Waals surface area contributed by atoms with Crippen LogP contribution in [-0.2, 0) is 10.0 Å². The third-order valence-corrected chi connectivity index (χ3v) is 5.08. The minimum atomic E-state index is -5.30. The number of anilines is 1. The van der Waals surface area contributed by atoms with Gasteiger partial charge in [-0.2, -0.15) is 10.5 Å². The van der Waals surface area contributed by atoms with E-state index in [0.29, 0.717) is 12.1 Å². The molecule has 2 aromatic rings.